The zero-order valence-electron chi connectivity index (χ0n) is 22.3. The Morgan fingerprint density at radius 1 is 0.921 bits per heavy atom. The van der Waals surface area contributed by atoms with Crippen LogP contribution in [0.15, 0.2) is 83.8 Å². The van der Waals surface area contributed by atoms with Crippen molar-refractivity contribution in [3.8, 4) is 0 Å². The molecule has 0 saturated carbocycles. The second-order valence-corrected chi connectivity index (χ2v) is 10.6. The molecule has 0 spiro atoms. The summed E-state index contributed by atoms with van der Waals surface area (Å²) in [4.78, 5) is 29.0. The topological polar surface area (TPSA) is 73.5 Å². The first-order chi connectivity index (χ1) is 18.6. The molecular formula is C31H38N4O2S. The van der Waals surface area contributed by atoms with Crippen molar-refractivity contribution in [2.24, 2.45) is 5.92 Å². The van der Waals surface area contributed by atoms with Crippen LogP contribution in [0.3, 0.4) is 0 Å². The zero-order chi connectivity index (χ0) is 26.7. The van der Waals surface area contributed by atoms with Gasteiger partial charge in [-0.15, -0.1) is 11.8 Å². The molecular weight excluding hydrogens is 492 g/mol. The standard InChI is InChI=1S/C31H38N4O2S/c1-3-18-32-31(37)34-28-15-14-26(38-2)21-27(28)30(36)33-22-23-16-19-35(20-17-23)29(24-10-6-4-7-11-24)25-12-8-5-9-13-25/h4-15,21,23,29H,3,16-20,22H2,1-2H3,(H,33,36)(H2,32,34,37). The molecule has 1 aliphatic heterocycles. The number of piperidine rings is 1. The molecule has 0 aromatic heterocycles. The molecule has 0 atom stereocenters. The summed E-state index contributed by atoms with van der Waals surface area (Å²) in [5.41, 5.74) is 3.63. The van der Waals surface area contributed by atoms with Gasteiger partial charge in [-0.3, -0.25) is 9.69 Å². The van der Waals surface area contributed by atoms with E-state index in [2.05, 4.69) is 81.5 Å². The summed E-state index contributed by atoms with van der Waals surface area (Å²) in [6.07, 6.45) is 4.87. The largest absolute Gasteiger partial charge is 0.352 e. The lowest BCUT2D eigenvalue weighted by Gasteiger charge is -2.38. The van der Waals surface area contributed by atoms with Gasteiger partial charge in [-0.1, -0.05) is 67.6 Å². The van der Waals surface area contributed by atoms with Crippen LogP contribution in [-0.4, -0.2) is 49.3 Å². The number of nitrogens with zero attached hydrogens (tertiary/aromatic N) is 1. The lowest BCUT2D eigenvalue weighted by atomic mass is 9.91. The van der Waals surface area contributed by atoms with Gasteiger partial charge < -0.3 is 16.0 Å². The van der Waals surface area contributed by atoms with E-state index in [1.807, 2.05) is 25.3 Å². The SMILES string of the molecule is CCCNC(=O)Nc1ccc(SC)cc1C(=O)NCC1CCN(C(c2ccccc2)c2ccccc2)CC1. The van der Waals surface area contributed by atoms with Crippen LogP contribution >= 0.6 is 11.8 Å². The van der Waals surface area contributed by atoms with Crippen molar-refractivity contribution in [2.45, 2.75) is 37.1 Å². The van der Waals surface area contributed by atoms with Crippen LogP contribution in [0.2, 0.25) is 0 Å². The number of carbonyl (C=O) groups excluding carboxylic acids is 2. The minimum atomic E-state index is -0.295. The quantitative estimate of drug-likeness (QED) is 0.274. The monoisotopic (exact) mass is 530 g/mol. The Hall–Kier alpha value is -3.29. The Balaban J connectivity index is 1.37. The van der Waals surface area contributed by atoms with Crippen LogP contribution in [0, 0.1) is 5.92 Å². The Morgan fingerprint density at radius 3 is 2.13 bits per heavy atom. The highest BCUT2D eigenvalue weighted by atomic mass is 32.2. The fraction of sp³-hybridized carbons (Fsp3) is 0.355. The van der Waals surface area contributed by atoms with Crippen molar-refractivity contribution in [1.29, 1.82) is 0 Å². The number of anilines is 1. The smallest absolute Gasteiger partial charge is 0.319 e. The van der Waals surface area contributed by atoms with Crippen molar-refractivity contribution in [1.82, 2.24) is 15.5 Å². The molecule has 200 valence electrons. The summed E-state index contributed by atoms with van der Waals surface area (Å²) >= 11 is 1.57. The molecule has 0 aliphatic carbocycles. The number of nitrogens with one attached hydrogen (secondary N) is 3. The predicted molar refractivity (Wildman–Crippen MR) is 157 cm³/mol. The number of hydrogen-bond donors (Lipinski definition) is 3. The Morgan fingerprint density at radius 2 is 1.55 bits per heavy atom. The molecule has 3 aromatic carbocycles. The number of thioether (sulfide) groups is 1. The fourth-order valence-electron chi connectivity index (χ4n) is 4.98. The lowest BCUT2D eigenvalue weighted by molar-refractivity contribution is 0.0931. The van der Waals surface area contributed by atoms with Crippen molar-refractivity contribution in [3.05, 3.63) is 95.6 Å². The minimum absolute atomic E-state index is 0.152. The van der Waals surface area contributed by atoms with Crippen LogP contribution in [-0.2, 0) is 0 Å². The summed E-state index contributed by atoms with van der Waals surface area (Å²) in [5, 5.41) is 8.79. The molecule has 0 bridgehead atoms. The Kier molecular flexibility index (Phi) is 10.2. The van der Waals surface area contributed by atoms with Gasteiger partial charge in [0.15, 0.2) is 0 Å². The van der Waals surface area contributed by atoms with E-state index in [4.69, 9.17) is 0 Å². The van der Waals surface area contributed by atoms with Crippen LogP contribution in [0.1, 0.15) is 53.7 Å². The van der Waals surface area contributed by atoms with Gasteiger partial charge in [0.05, 0.1) is 17.3 Å². The lowest BCUT2D eigenvalue weighted by Crippen LogP contribution is -2.40. The highest BCUT2D eigenvalue weighted by Gasteiger charge is 2.27. The summed E-state index contributed by atoms with van der Waals surface area (Å²) in [6.45, 7) is 5.16. The molecule has 0 radical (unpaired) electrons. The third kappa shape index (κ3) is 7.39. The molecule has 3 N–H and O–H groups in total. The number of amides is 3. The Bertz CT molecular complexity index is 1140. The van der Waals surface area contributed by atoms with E-state index >= 15 is 0 Å². The second-order valence-electron chi connectivity index (χ2n) is 9.71. The van der Waals surface area contributed by atoms with E-state index in [0.717, 1.165) is 37.2 Å². The maximum absolute atomic E-state index is 13.2. The third-order valence-corrected chi connectivity index (χ3v) is 7.78. The zero-order valence-corrected chi connectivity index (χ0v) is 23.1. The van der Waals surface area contributed by atoms with E-state index in [1.54, 1.807) is 17.8 Å². The van der Waals surface area contributed by atoms with Crippen molar-refractivity contribution in [3.63, 3.8) is 0 Å². The van der Waals surface area contributed by atoms with Gasteiger partial charge in [-0.25, -0.2) is 4.79 Å². The van der Waals surface area contributed by atoms with E-state index in [9.17, 15) is 9.59 Å². The van der Waals surface area contributed by atoms with Gasteiger partial charge in [0.2, 0.25) is 0 Å². The first-order valence-electron chi connectivity index (χ1n) is 13.4. The number of carbonyl (C=O) groups is 2. The highest BCUT2D eigenvalue weighted by molar-refractivity contribution is 7.98. The summed E-state index contributed by atoms with van der Waals surface area (Å²) in [5.74, 6) is 0.260. The van der Waals surface area contributed by atoms with Crippen LogP contribution in [0.5, 0.6) is 0 Å². The number of rotatable bonds is 10. The highest BCUT2D eigenvalue weighted by Crippen LogP contribution is 2.32. The van der Waals surface area contributed by atoms with Crippen LogP contribution < -0.4 is 16.0 Å². The summed E-state index contributed by atoms with van der Waals surface area (Å²) in [7, 11) is 0. The molecule has 4 rings (SSSR count). The molecule has 1 fully saturated rings. The van der Waals surface area contributed by atoms with Gasteiger partial charge in [0.1, 0.15) is 0 Å². The first kappa shape index (κ1) is 27.7. The molecule has 7 heteroatoms. The molecule has 1 saturated heterocycles. The number of likely N-dealkylation sites (tertiary alicyclic amines) is 1. The maximum atomic E-state index is 13.2. The van der Waals surface area contributed by atoms with Gasteiger partial charge in [-0.2, -0.15) is 0 Å². The van der Waals surface area contributed by atoms with E-state index in [-0.39, 0.29) is 18.0 Å². The number of hydrogen-bond acceptors (Lipinski definition) is 4. The summed E-state index contributed by atoms with van der Waals surface area (Å²) < 4.78 is 0. The molecule has 38 heavy (non-hydrogen) atoms. The predicted octanol–water partition coefficient (Wildman–Crippen LogP) is 6.17. The second kappa shape index (κ2) is 14.0. The van der Waals surface area contributed by atoms with Gasteiger partial charge in [-0.05, 0) is 73.9 Å². The van der Waals surface area contributed by atoms with Crippen molar-refractivity contribution in [2.75, 3.05) is 37.8 Å². The first-order valence-corrected chi connectivity index (χ1v) is 14.7. The average Bonchev–Trinajstić information content (AvgIpc) is 2.97. The van der Waals surface area contributed by atoms with Gasteiger partial charge in [0, 0.05) is 18.0 Å². The molecule has 3 amide bonds. The van der Waals surface area contributed by atoms with E-state index < -0.39 is 0 Å². The van der Waals surface area contributed by atoms with E-state index in [1.165, 1.54) is 11.1 Å². The normalized spacial score (nSPS) is 14.3. The average molecular weight is 531 g/mol. The molecule has 6 nitrogen and oxygen atoms in total. The van der Waals surface area contributed by atoms with Gasteiger partial charge >= 0.3 is 6.03 Å². The molecule has 1 aliphatic rings. The third-order valence-electron chi connectivity index (χ3n) is 7.05. The van der Waals surface area contributed by atoms with Crippen molar-refractivity contribution < 1.29 is 9.59 Å². The molecule has 3 aromatic rings. The molecule has 1 heterocycles. The van der Waals surface area contributed by atoms with Crippen LogP contribution in [0.25, 0.3) is 0 Å². The fourth-order valence-corrected chi connectivity index (χ4v) is 5.42. The Labute approximate surface area is 230 Å². The summed E-state index contributed by atoms with van der Waals surface area (Å²) in [6, 6.07) is 26.9. The van der Waals surface area contributed by atoms with E-state index in [0.29, 0.717) is 30.3 Å². The molecule has 0 unspecified atom stereocenters. The number of urea groups is 1. The minimum Gasteiger partial charge on any atom is -0.352 e. The number of benzene rings is 3. The van der Waals surface area contributed by atoms with Gasteiger partial charge in [0.25, 0.3) is 5.91 Å². The van der Waals surface area contributed by atoms with Crippen molar-refractivity contribution >= 4 is 29.4 Å². The van der Waals surface area contributed by atoms with Crippen LogP contribution in [0.4, 0.5) is 10.5 Å². The maximum Gasteiger partial charge on any atom is 0.319 e.